The summed E-state index contributed by atoms with van der Waals surface area (Å²) >= 11 is 0. The number of rotatable bonds is 6. The highest BCUT2D eigenvalue weighted by molar-refractivity contribution is 5.91. The van der Waals surface area contributed by atoms with Gasteiger partial charge in [-0.15, -0.1) is 0 Å². The first kappa shape index (κ1) is 13.1. The van der Waals surface area contributed by atoms with E-state index in [4.69, 9.17) is 15.4 Å². The first-order valence-electron chi connectivity index (χ1n) is 5.44. The smallest absolute Gasteiger partial charge is 0.286 e. The molecule has 6 nitrogen and oxygen atoms in total. The molecule has 0 fully saturated rings. The Balaban J connectivity index is 2.17. The van der Waals surface area contributed by atoms with Crippen molar-refractivity contribution in [3.05, 3.63) is 23.7 Å². The predicted octanol–water partition coefficient (Wildman–Crippen LogP) is 1.23. The minimum Gasteiger partial charge on any atom is -0.456 e. The fourth-order valence-corrected chi connectivity index (χ4v) is 1.33. The molecule has 1 rings (SSSR count). The van der Waals surface area contributed by atoms with Crippen molar-refractivity contribution in [3.8, 4) is 0 Å². The number of nitrogens with one attached hydrogen (secondary N) is 1. The number of nitrogens with zero attached hydrogens (tertiary/aromatic N) is 1. The van der Waals surface area contributed by atoms with E-state index in [0.717, 1.165) is 12.8 Å². The number of unbranched alkanes of at least 4 members (excludes halogenated alkanes) is 1. The van der Waals surface area contributed by atoms with Crippen molar-refractivity contribution >= 4 is 11.7 Å². The molecule has 0 aliphatic heterocycles. The number of carbonyl (C=O) groups excluding carboxylic acids is 1. The van der Waals surface area contributed by atoms with Crippen molar-refractivity contribution in [3.63, 3.8) is 0 Å². The number of amidine groups is 1. The maximum Gasteiger partial charge on any atom is 0.286 e. The van der Waals surface area contributed by atoms with Crippen LogP contribution in [0, 0.1) is 6.92 Å². The van der Waals surface area contributed by atoms with E-state index in [1.54, 1.807) is 19.1 Å². The summed E-state index contributed by atoms with van der Waals surface area (Å²) in [4.78, 5) is 11.5. The van der Waals surface area contributed by atoms with Crippen molar-refractivity contribution in [2.45, 2.75) is 26.2 Å². The van der Waals surface area contributed by atoms with Crippen LogP contribution in [0.15, 0.2) is 21.7 Å². The molecule has 94 valence electrons. The molecule has 17 heavy (non-hydrogen) atoms. The van der Waals surface area contributed by atoms with Crippen LogP contribution in [0.2, 0.25) is 0 Å². The van der Waals surface area contributed by atoms with E-state index < -0.39 is 0 Å². The molecular weight excluding hydrogens is 222 g/mol. The molecule has 1 aromatic rings. The van der Waals surface area contributed by atoms with E-state index in [9.17, 15) is 4.79 Å². The van der Waals surface area contributed by atoms with Gasteiger partial charge < -0.3 is 20.7 Å². The number of hydrogen-bond donors (Lipinski definition) is 3. The summed E-state index contributed by atoms with van der Waals surface area (Å²) in [6, 6.07) is 3.38. The molecule has 0 aliphatic rings. The van der Waals surface area contributed by atoms with Crippen molar-refractivity contribution in [1.29, 1.82) is 0 Å². The van der Waals surface area contributed by atoms with Gasteiger partial charge in [-0.3, -0.25) is 4.79 Å². The zero-order valence-corrected chi connectivity index (χ0v) is 9.77. The lowest BCUT2D eigenvalue weighted by molar-refractivity contribution is 0.0924. The molecule has 0 spiro atoms. The molecule has 0 saturated heterocycles. The van der Waals surface area contributed by atoms with E-state index >= 15 is 0 Å². The Morgan fingerprint density at radius 2 is 2.29 bits per heavy atom. The van der Waals surface area contributed by atoms with Crippen LogP contribution in [0.3, 0.4) is 0 Å². The molecule has 0 unspecified atom stereocenters. The average Bonchev–Trinajstić information content (AvgIpc) is 2.75. The minimum absolute atomic E-state index is 0.206. The van der Waals surface area contributed by atoms with Crippen LogP contribution >= 0.6 is 0 Å². The fraction of sp³-hybridized carbons (Fsp3) is 0.455. The Kier molecular flexibility index (Phi) is 5.06. The molecule has 0 aliphatic carbocycles. The second-order valence-corrected chi connectivity index (χ2v) is 3.71. The molecular formula is C11H17N3O3. The second kappa shape index (κ2) is 6.57. The van der Waals surface area contributed by atoms with Crippen LogP contribution < -0.4 is 11.1 Å². The van der Waals surface area contributed by atoms with Crippen LogP contribution in [0.5, 0.6) is 0 Å². The van der Waals surface area contributed by atoms with Gasteiger partial charge in [0.2, 0.25) is 0 Å². The number of oxime groups is 1. The zero-order chi connectivity index (χ0) is 12.7. The van der Waals surface area contributed by atoms with Crippen molar-refractivity contribution < 1.29 is 14.4 Å². The van der Waals surface area contributed by atoms with Gasteiger partial charge in [-0.05, 0) is 31.9 Å². The van der Waals surface area contributed by atoms with Crippen molar-refractivity contribution in [2.75, 3.05) is 6.54 Å². The SMILES string of the molecule is Cc1ccc(C(=O)NCCCCC(N)=NO)o1. The summed E-state index contributed by atoms with van der Waals surface area (Å²) in [6.07, 6.45) is 2.04. The lowest BCUT2D eigenvalue weighted by Crippen LogP contribution is -2.24. The van der Waals surface area contributed by atoms with Gasteiger partial charge in [-0.1, -0.05) is 5.16 Å². The predicted molar refractivity (Wildman–Crippen MR) is 63.0 cm³/mol. The molecule has 1 amide bonds. The Bertz CT molecular complexity index is 398. The molecule has 0 radical (unpaired) electrons. The molecule has 0 atom stereocenters. The van der Waals surface area contributed by atoms with Gasteiger partial charge in [-0.25, -0.2) is 0 Å². The van der Waals surface area contributed by atoms with Gasteiger partial charge in [0.15, 0.2) is 5.76 Å². The van der Waals surface area contributed by atoms with Crippen molar-refractivity contribution in [1.82, 2.24) is 5.32 Å². The van der Waals surface area contributed by atoms with Gasteiger partial charge in [0.1, 0.15) is 11.6 Å². The van der Waals surface area contributed by atoms with Crippen LogP contribution in [-0.2, 0) is 0 Å². The summed E-state index contributed by atoms with van der Waals surface area (Å²) in [5.74, 6) is 1.01. The maximum absolute atomic E-state index is 11.5. The molecule has 0 saturated carbocycles. The standard InChI is InChI=1S/C11H17N3O3/c1-8-5-6-9(17-8)11(15)13-7-3-2-4-10(12)14-16/h5-6,16H,2-4,7H2,1H3,(H2,12,14)(H,13,15). The normalized spacial score (nSPS) is 11.5. The Morgan fingerprint density at radius 1 is 1.53 bits per heavy atom. The second-order valence-electron chi connectivity index (χ2n) is 3.71. The number of aryl methyl sites for hydroxylation is 1. The first-order valence-corrected chi connectivity index (χ1v) is 5.44. The molecule has 6 heteroatoms. The quantitative estimate of drug-likeness (QED) is 0.228. The average molecular weight is 239 g/mol. The van der Waals surface area contributed by atoms with Gasteiger partial charge >= 0.3 is 0 Å². The summed E-state index contributed by atoms with van der Waals surface area (Å²) in [5, 5.41) is 13.9. The number of nitrogens with two attached hydrogens (primary N) is 1. The summed E-state index contributed by atoms with van der Waals surface area (Å²) in [6.45, 7) is 2.32. The third-order valence-corrected chi connectivity index (χ3v) is 2.24. The van der Waals surface area contributed by atoms with E-state index in [1.807, 2.05) is 0 Å². The van der Waals surface area contributed by atoms with E-state index in [2.05, 4.69) is 10.5 Å². The molecule has 0 aromatic carbocycles. The van der Waals surface area contributed by atoms with E-state index in [0.29, 0.717) is 24.5 Å². The van der Waals surface area contributed by atoms with Crippen molar-refractivity contribution in [2.24, 2.45) is 10.9 Å². The van der Waals surface area contributed by atoms with Gasteiger partial charge in [0.05, 0.1) is 0 Å². The van der Waals surface area contributed by atoms with E-state index in [1.165, 1.54) is 0 Å². The van der Waals surface area contributed by atoms with Gasteiger partial charge in [0, 0.05) is 13.0 Å². The number of hydrogen-bond acceptors (Lipinski definition) is 4. The third-order valence-electron chi connectivity index (χ3n) is 2.24. The minimum atomic E-state index is -0.220. The van der Waals surface area contributed by atoms with Crippen LogP contribution in [0.1, 0.15) is 35.6 Å². The van der Waals surface area contributed by atoms with Crippen LogP contribution in [0.4, 0.5) is 0 Å². The fourth-order valence-electron chi connectivity index (χ4n) is 1.33. The Hall–Kier alpha value is -1.98. The monoisotopic (exact) mass is 239 g/mol. The van der Waals surface area contributed by atoms with Crippen LogP contribution in [0.25, 0.3) is 0 Å². The highest BCUT2D eigenvalue weighted by Crippen LogP contribution is 2.05. The Labute approximate surface area is 99.5 Å². The van der Waals surface area contributed by atoms with Gasteiger partial charge in [0.25, 0.3) is 5.91 Å². The topological polar surface area (TPSA) is 101 Å². The largest absolute Gasteiger partial charge is 0.456 e. The third kappa shape index (κ3) is 4.58. The first-order chi connectivity index (χ1) is 8.13. The highest BCUT2D eigenvalue weighted by Gasteiger charge is 2.08. The van der Waals surface area contributed by atoms with Gasteiger partial charge in [-0.2, -0.15) is 0 Å². The maximum atomic E-state index is 11.5. The van der Waals surface area contributed by atoms with E-state index in [-0.39, 0.29) is 11.7 Å². The summed E-state index contributed by atoms with van der Waals surface area (Å²) in [7, 11) is 0. The molecule has 1 aromatic heterocycles. The molecule has 4 N–H and O–H groups in total. The lowest BCUT2D eigenvalue weighted by atomic mass is 10.2. The summed E-state index contributed by atoms with van der Waals surface area (Å²) in [5.41, 5.74) is 5.31. The number of amides is 1. The van der Waals surface area contributed by atoms with Crippen LogP contribution in [-0.4, -0.2) is 23.5 Å². The number of furan rings is 1. The lowest BCUT2D eigenvalue weighted by Gasteiger charge is -2.02. The zero-order valence-electron chi connectivity index (χ0n) is 9.77. The molecule has 0 bridgehead atoms. The Morgan fingerprint density at radius 3 is 2.88 bits per heavy atom. The molecule has 1 heterocycles. The summed E-state index contributed by atoms with van der Waals surface area (Å²) < 4.78 is 5.17. The number of carbonyl (C=O) groups is 1. The highest BCUT2D eigenvalue weighted by atomic mass is 16.4.